The Morgan fingerprint density at radius 3 is 2.26 bits per heavy atom. The van der Waals surface area contributed by atoms with Gasteiger partial charge in [0.2, 0.25) is 0 Å². The molecule has 0 aliphatic carbocycles. The van der Waals surface area contributed by atoms with Crippen molar-refractivity contribution in [2.45, 2.75) is 25.9 Å². The molecule has 2 saturated heterocycles. The Morgan fingerprint density at radius 1 is 1.16 bits per heavy atom. The lowest BCUT2D eigenvalue weighted by atomic mass is 9.87. The second kappa shape index (κ2) is 6.06. The first-order valence-corrected chi connectivity index (χ1v) is 7.28. The van der Waals surface area contributed by atoms with Gasteiger partial charge >= 0.3 is 0 Å². The average molecular weight is 272 g/mol. The molecule has 19 heavy (non-hydrogen) atoms. The van der Waals surface area contributed by atoms with E-state index in [0.717, 1.165) is 52.3 Å². The quantitative estimate of drug-likeness (QED) is 0.724. The topological polar surface area (TPSA) is 56.2 Å². The summed E-state index contributed by atoms with van der Waals surface area (Å²) in [4.78, 5) is 4.74. The van der Waals surface area contributed by atoms with E-state index in [4.69, 9.17) is 4.74 Å². The van der Waals surface area contributed by atoms with Crippen LogP contribution in [0.2, 0.25) is 0 Å². The van der Waals surface area contributed by atoms with Gasteiger partial charge in [0.05, 0.1) is 18.8 Å². The second-order valence-corrected chi connectivity index (χ2v) is 6.83. The van der Waals surface area contributed by atoms with Gasteiger partial charge in [-0.05, 0) is 20.3 Å². The van der Waals surface area contributed by atoms with E-state index in [1.165, 1.54) is 0 Å². The number of hydrogen-bond acceptors (Lipinski definition) is 5. The van der Waals surface area contributed by atoms with Gasteiger partial charge < -0.3 is 19.8 Å². The van der Waals surface area contributed by atoms with Crippen LogP contribution in [0.15, 0.2) is 0 Å². The van der Waals surface area contributed by atoms with E-state index in [9.17, 15) is 10.2 Å². The summed E-state index contributed by atoms with van der Waals surface area (Å²) < 4.78 is 5.45. The number of aliphatic hydroxyl groups is 2. The Labute approximate surface area is 116 Å². The van der Waals surface area contributed by atoms with Gasteiger partial charge in [-0.15, -0.1) is 0 Å². The van der Waals surface area contributed by atoms with E-state index in [2.05, 4.69) is 9.80 Å². The van der Waals surface area contributed by atoms with Gasteiger partial charge in [-0.25, -0.2) is 0 Å². The van der Waals surface area contributed by atoms with Crippen molar-refractivity contribution in [1.82, 2.24) is 9.80 Å². The zero-order valence-corrected chi connectivity index (χ0v) is 12.3. The van der Waals surface area contributed by atoms with Gasteiger partial charge in [0, 0.05) is 51.3 Å². The predicted octanol–water partition coefficient (Wildman–Crippen LogP) is -0.226. The van der Waals surface area contributed by atoms with Crippen LogP contribution in [0.5, 0.6) is 0 Å². The number of hydrogen-bond donors (Lipinski definition) is 2. The predicted molar refractivity (Wildman–Crippen MR) is 74.1 cm³/mol. The highest BCUT2D eigenvalue weighted by Gasteiger charge is 2.37. The minimum Gasteiger partial charge on any atom is -0.396 e. The van der Waals surface area contributed by atoms with Crippen LogP contribution in [-0.4, -0.2) is 84.7 Å². The Balaban J connectivity index is 1.77. The Bertz CT molecular complexity index is 277. The number of β-amino-alcohol motifs (C(OH)–C–C–N with tert-alkyl or cyclic N) is 1. The third-order valence-electron chi connectivity index (χ3n) is 4.15. The molecular formula is C14H28N2O3. The molecule has 2 heterocycles. The fraction of sp³-hybridized carbons (Fsp3) is 1.00. The summed E-state index contributed by atoms with van der Waals surface area (Å²) in [7, 11) is 0. The van der Waals surface area contributed by atoms with E-state index in [1.54, 1.807) is 0 Å². The monoisotopic (exact) mass is 272 g/mol. The van der Waals surface area contributed by atoms with Crippen molar-refractivity contribution >= 4 is 0 Å². The largest absolute Gasteiger partial charge is 0.396 e. The van der Waals surface area contributed by atoms with E-state index >= 15 is 0 Å². The Hall–Kier alpha value is -0.200. The van der Waals surface area contributed by atoms with E-state index in [-0.39, 0.29) is 12.0 Å². The number of ether oxygens (including phenoxy) is 1. The lowest BCUT2D eigenvalue weighted by Gasteiger charge is -2.40. The molecule has 5 heteroatoms. The first-order chi connectivity index (χ1) is 8.92. The lowest BCUT2D eigenvalue weighted by molar-refractivity contribution is 0.00212. The van der Waals surface area contributed by atoms with Gasteiger partial charge in [-0.2, -0.15) is 0 Å². The molecule has 0 saturated carbocycles. The molecule has 1 unspecified atom stereocenters. The zero-order valence-electron chi connectivity index (χ0n) is 12.3. The molecule has 2 fully saturated rings. The summed E-state index contributed by atoms with van der Waals surface area (Å²) in [6.45, 7) is 11.1. The molecule has 0 bridgehead atoms. The Morgan fingerprint density at radius 2 is 1.79 bits per heavy atom. The normalized spacial score (nSPS) is 30.9. The molecular weight excluding hydrogens is 244 g/mol. The molecule has 0 aromatic carbocycles. The van der Waals surface area contributed by atoms with E-state index < -0.39 is 5.60 Å². The maximum atomic E-state index is 9.84. The van der Waals surface area contributed by atoms with Gasteiger partial charge in [-0.3, -0.25) is 4.90 Å². The van der Waals surface area contributed by atoms with Crippen LogP contribution < -0.4 is 0 Å². The summed E-state index contributed by atoms with van der Waals surface area (Å²) in [5.41, 5.74) is -0.661. The summed E-state index contributed by atoms with van der Waals surface area (Å²) in [5, 5.41) is 19.4. The third kappa shape index (κ3) is 4.39. The smallest absolute Gasteiger partial charge is 0.0718 e. The van der Waals surface area contributed by atoms with Gasteiger partial charge in [0.15, 0.2) is 0 Å². The fourth-order valence-electron chi connectivity index (χ4n) is 3.08. The highest BCUT2D eigenvalue weighted by molar-refractivity contribution is 4.88. The highest BCUT2D eigenvalue weighted by Crippen LogP contribution is 2.29. The lowest BCUT2D eigenvalue weighted by Crippen LogP contribution is -2.53. The number of piperazine rings is 1. The molecule has 2 aliphatic rings. The minimum atomic E-state index is -0.617. The minimum absolute atomic E-state index is 0.0432. The van der Waals surface area contributed by atoms with Crippen molar-refractivity contribution in [3.8, 4) is 0 Å². The average Bonchev–Trinajstić information content (AvgIpc) is 2.79. The van der Waals surface area contributed by atoms with E-state index in [0.29, 0.717) is 6.61 Å². The summed E-state index contributed by atoms with van der Waals surface area (Å²) in [5.74, 6) is 0. The van der Waals surface area contributed by atoms with Crippen molar-refractivity contribution in [1.29, 1.82) is 0 Å². The standard InChI is InChI=1S/C14H28N2O3/c1-13(2,18)9-15-4-6-16(7-5-15)10-14(11-17)3-8-19-12-14/h17-18H,3-12H2,1-2H3. The molecule has 2 aliphatic heterocycles. The van der Waals surface area contributed by atoms with Crippen molar-refractivity contribution in [2.24, 2.45) is 5.41 Å². The van der Waals surface area contributed by atoms with Crippen molar-refractivity contribution in [2.75, 3.05) is 59.1 Å². The van der Waals surface area contributed by atoms with Crippen LogP contribution >= 0.6 is 0 Å². The second-order valence-electron chi connectivity index (χ2n) is 6.83. The maximum Gasteiger partial charge on any atom is 0.0718 e. The van der Waals surface area contributed by atoms with Gasteiger partial charge in [0.25, 0.3) is 0 Å². The van der Waals surface area contributed by atoms with Crippen LogP contribution in [-0.2, 0) is 4.74 Å². The molecule has 0 aromatic heterocycles. The number of nitrogens with zero attached hydrogens (tertiary/aromatic N) is 2. The van der Waals surface area contributed by atoms with Crippen molar-refractivity contribution in [3.63, 3.8) is 0 Å². The van der Waals surface area contributed by atoms with Crippen molar-refractivity contribution < 1.29 is 14.9 Å². The Kier molecular flexibility index (Phi) is 4.84. The SMILES string of the molecule is CC(C)(O)CN1CCN(CC2(CO)CCOC2)CC1. The van der Waals surface area contributed by atoms with Crippen LogP contribution in [0.4, 0.5) is 0 Å². The zero-order chi connectivity index (χ0) is 13.9. The molecule has 0 radical (unpaired) electrons. The molecule has 0 amide bonds. The first-order valence-electron chi connectivity index (χ1n) is 7.28. The summed E-state index contributed by atoms with van der Waals surface area (Å²) in [6, 6.07) is 0. The summed E-state index contributed by atoms with van der Waals surface area (Å²) in [6.07, 6.45) is 0.966. The molecule has 5 nitrogen and oxygen atoms in total. The van der Waals surface area contributed by atoms with E-state index in [1.807, 2.05) is 13.8 Å². The van der Waals surface area contributed by atoms with Crippen LogP contribution in [0, 0.1) is 5.41 Å². The van der Waals surface area contributed by atoms with Crippen LogP contribution in [0.1, 0.15) is 20.3 Å². The molecule has 0 spiro atoms. The molecule has 2 rings (SSSR count). The van der Waals surface area contributed by atoms with Gasteiger partial charge in [-0.1, -0.05) is 0 Å². The number of aliphatic hydroxyl groups excluding tert-OH is 1. The third-order valence-corrected chi connectivity index (χ3v) is 4.15. The maximum absolute atomic E-state index is 9.84. The molecule has 2 N–H and O–H groups in total. The van der Waals surface area contributed by atoms with Crippen LogP contribution in [0.3, 0.4) is 0 Å². The highest BCUT2D eigenvalue weighted by atomic mass is 16.5. The fourth-order valence-corrected chi connectivity index (χ4v) is 3.08. The first kappa shape index (κ1) is 15.2. The summed E-state index contributed by atoms with van der Waals surface area (Å²) >= 11 is 0. The molecule has 0 aromatic rings. The van der Waals surface area contributed by atoms with Gasteiger partial charge in [0.1, 0.15) is 0 Å². The molecule has 112 valence electrons. The van der Waals surface area contributed by atoms with Crippen LogP contribution in [0.25, 0.3) is 0 Å². The number of rotatable bonds is 5. The molecule has 1 atom stereocenters. The van der Waals surface area contributed by atoms with Crippen molar-refractivity contribution in [3.05, 3.63) is 0 Å².